The lowest BCUT2D eigenvalue weighted by Crippen LogP contribution is -2.17. The molecule has 5 nitrogen and oxygen atoms in total. The van der Waals surface area contributed by atoms with Crippen molar-refractivity contribution in [2.24, 2.45) is 5.92 Å². The summed E-state index contributed by atoms with van der Waals surface area (Å²) in [6.45, 7) is 3.03. The highest BCUT2D eigenvalue weighted by Gasteiger charge is 2.08. The quantitative estimate of drug-likeness (QED) is 0.174. The van der Waals surface area contributed by atoms with E-state index in [1.165, 1.54) is 0 Å². The Morgan fingerprint density at radius 3 is 2.53 bits per heavy atom. The summed E-state index contributed by atoms with van der Waals surface area (Å²) < 4.78 is 0. The molecule has 5 heteroatoms. The van der Waals surface area contributed by atoms with Gasteiger partial charge in [-0.25, -0.2) is 0 Å². The molecule has 0 spiro atoms. The average molecular weight is 446 g/mol. The summed E-state index contributed by atoms with van der Waals surface area (Å²) in [6.07, 6.45) is 15.6. The second-order valence-corrected chi connectivity index (χ2v) is 8.67. The van der Waals surface area contributed by atoms with Gasteiger partial charge in [0.15, 0.2) is 0 Å². The van der Waals surface area contributed by atoms with Gasteiger partial charge >= 0.3 is 5.97 Å². The van der Waals surface area contributed by atoms with Crippen molar-refractivity contribution in [3.8, 4) is 5.75 Å². The summed E-state index contributed by atoms with van der Waals surface area (Å²) in [4.78, 5) is 10.6. The van der Waals surface area contributed by atoms with Crippen LogP contribution in [0.15, 0.2) is 48.1 Å². The van der Waals surface area contributed by atoms with Crippen LogP contribution < -0.4 is 5.32 Å². The highest BCUT2D eigenvalue weighted by atomic mass is 16.4. The van der Waals surface area contributed by atoms with E-state index in [0.29, 0.717) is 12.3 Å². The minimum Gasteiger partial charge on any atom is -0.508 e. The first-order valence-corrected chi connectivity index (χ1v) is 12.2. The average Bonchev–Trinajstić information content (AvgIpc) is 2.74. The van der Waals surface area contributed by atoms with Gasteiger partial charge in [0.2, 0.25) is 0 Å². The number of allylic oxidation sites excluding steroid dienone is 2. The molecule has 0 bridgehead atoms. The van der Waals surface area contributed by atoms with E-state index in [0.717, 1.165) is 75.5 Å². The van der Waals surface area contributed by atoms with Crippen molar-refractivity contribution in [3.63, 3.8) is 0 Å². The Bertz CT molecular complexity index is 699. The van der Waals surface area contributed by atoms with Crippen molar-refractivity contribution in [1.29, 1.82) is 0 Å². The van der Waals surface area contributed by atoms with Crippen LogP contribution in [0.4, 0.5) is 0 Å². The van der Waals surface area contributed by atoms with Crippen molar-refractivity contribution in [2.45, 2.75) is 83.7 Å². The van der Waals surface area contributed by atoms with Crippen molar-refractivity contribution in [1.82, 2.24) is 5.32 Å². The molecule has 1 aromatic rings. The van der Waals surface area contributed by atoms with Gasteiger partial charge in [-0.05, 0) is 61.9 Å². The number of aromatic hydroxyl groups is 1. The second kappa shape index (κ2) is 17.4. The zero-order valence-corrected chi connectivity index (χ0v) is 19.9. The Balaban J connectivity index is 2.80. The summed E-state index contributed by atoms with van der Waals surface area (Å²) in [5.41, 5.74) is 2.18. The van der Waals surface area contributed by atoms with Gasteiger partial charge in [-0.1, -0.05) is 75.8 Å². The molecule has 0 fully saturated rings. The second-order valence-electron chi connectivity index (χ2n) is 8.67. The van der Waals surface area contributed by atoms with Crippen LogP contribution in [0.5, 0.6) is 5.75 Å². The Morgan fingerprint density at radius 1 is 1.09 bits per heavy atom. The molecule has 0 saturated carbocycles. The molecule has 32 heavy (non-hydrogen) atoms. The molecule has 0 aliphatic rings. The van der Waals surface area contributed by atoms with E-state index in [1.807, 2.05) is 31.3 Å². The minimum absolute atomic E-state index is 0.249. The Hall–Kier alpha value is -2.11. The van der Waals surface area contributed by atoms with E-state index in [1.54, 1.807) is 12.1 Å². The molecule has 0 amide bonds. The molecular formula is C27H43NO4. The van der Waals surface area contributed by atoms with Gasteiger partial charge in [-0.3, -0.25) is 4.79 Å². The van der Waals surface area contributed by atoms with Crippen LogP contribution in [0, 0.1) is 5.92 Å². The van der Waals surface area contributed by atoms with Crippen molar-refractivity contribution < 1.29 is 20.1 Å². The lowest BCUT2D eigenvalue weighted by molar-refractivity contribution is -0.137. The molecule has 0 saturated heterocycles. The van der Waals surface area contributed by atoms with Gasteiger partial charge in [-0.15, -0.1) is 0 Å². The first-order chi connectivity index (χ1) is 15.4. The van der Waals surface area contributed by atoms with Crippen LogP contribution in [-0.2, 0) is 11.2 Å². The molecule has 1 aromatic carbocycles. The maximum atomic E-state index is 10.6. The number of hydrogen-bond donors (Lipinski definition) is 4. The molecule has 0 aromatic heterocycles. The van der Waals surface area contributed by atoms with Crippen molar-refractivity contribution >= 4 is 5.97 Å². The highest BCUT2D eigenvalue weighted by Crippen LogP contribution is 2.20. The summed E-state index contributed by atoms with van der Waals surface area (Å²) in [5.74, 6) is -0.103. The molecular weight excluding hydrogens is 402 g/mol. The summed E-state index contributed by atoms with van der Waals surface area (Å²) >= 11 is 0. The van der Waals surface area contributed by atoms with Crippen LogP contribution in [0.3, 0.4) is 0 Å². The number of unbranched alkanes of at least 4 members (excludes halogenated alkanes) is 5. The topological polar surface area (TPSA) is 89.8 Å². The molecule has 1 rings (SSSR count). The number of carboxylic acids is 1. The maximum Gasteiger partial charge on any atom is 0.303 e. The van der Waals surface area contributed by atoms with Gasteiger partial charge in [0.25, 0.3) is 0 Å². The maximum absolute atomic E-state index is 10.6. The smallest absolute Gasteiger partial charge is 0.303 e. The summed E-state index contributed by atoms with van der Waals surface area (Å²) in [5, 5.41) is 32.2. The van der Waals surface area contributed by atoms with Crippen LogP contribution in [0.1, 0.15) is 76.7 Å². The molecule has 0 aliphatic heterocycles. The lowest BCUT2D eigenvalue weighted by Gasteiger charge is -2.15. The van der Waals surface area contributed by atoms with Gasteiger partial charge in [0.1, 0.15) is 5.75 Å². The van der Waals surface area contributed by atoms with E-state index in [-0.39, 0.29) is 12.2 Å². The largest absolute Gasteiger partial charge is 0.508 e. The number of aliphatic hydroxyl groups excluding tert-OH is 1. The number of rotatable bonds is 18. The zero-order chi connectivity index (χ0) is 23.6. The van der Waals surface area contributed by atoms with Crippen LogP contribution >= 0.6 is 0 Å². The summed E-state index contributed by atoms with van der Waals surface area (Å²) in [7, 11) is 1.95. The standard InChI is InChI=1S/C27H43NO4/c1-3-4-7-13-25(29)17-16-23(18-22-12-10-14-26(30)20-22)19-24(21-28-2)11-8-5-6-9-15-27(31)32/h10,12,14,16-17,19-20,24-25,28-30H,3-9,11,13,15,18,21H2,1-2H3,(H,31,32). The number of nitrogens with one attached hydrogen (secondary N) is 1. The number of carbonyl (C=O) groups is 1. The van der Waals surface area contributed by atoms with E-state index >= 15 is 0 Å². The SMILES string of the molecule is CCCCCC(O)C=CC(=CC(CCCCCCC(=O)O)CNC)Cc1cccc(O)c1. The number of aliphatic hydroxyl groups is 1. The molecule has 0 aliphatic carbocycles. The van der Waals surface area contributed by atoms with Crippen molar-refractivity contribution in [3.05, 3.63) is 53.6 Å². The first-order valence-electron chi connectivity index (χ1n) is 12.2. The van der Waals surface area contributed by atoms with Crippen LogP contribution in [0.25, 0.3) is 0 Å². The highest BCUT2D eigenvalue weighted by molar-refractivity contribution is 5.66. The number of phenols is 1. The predicted octanol–water partition coefficient (Wildman–Crippen LogP) is 5.62. The molecule has 2 atom stereocenters. The third-order valence-corrected chi connectivity index (χ3v) is 5.59. The predicted molar refractivity (Wildman–Crippen MR) is 132 cm³/mol. The van der Waals surface area contributed by atoms with E-state index < -0.39 is 12.1 Å². The fourth-order valence-corrected chi connectivity index (χ4v) is 3.86. The number of benzene rings is 1. The first kappa shape index (κ1) is 27.9. The Morgan fingerprint density at radius 2 is 1.84 bits per heavy atom. The normalized spacial score (nSPS) is 14.0. The van der Waals surface area contributed by atoms with Gasteiger partial charge in [-0.2, -0.15) is 0 Å². The number of aliphatic carboxylic acids is 1. The van der Waals surface area contributed by atoms with E-state index in [4.69, 9.17) is 5.11 Å². The molecule has 180 valence electrons. The fourth-order valence-electron chi connectivity index (χ4n) is 3.86. The van der Waals surface area contributed by atoms with Crippen molar-refractivity contribution in [2.75, 3.05) is 13.6 Å². The summed E-state index contributed by atoms with van der Waals surface area (Å²) in [6, 6.07) is 7.33. The molecule has 4 N–H and O–H groups in total. The molecule has 0 radical (unpaired) electrons. The zero-order valence-electron chi connectivity index (χ0n) is 19.9. The van der Waals surface area contributed by atoms with E-state index in [2.05, 4.69) is 18.3 Å². The molecule has 0 heterocycles. The van der Waals surface area contributed by atoms with Gasteiger partial charge in [0, 0.05) is 13.0 Å². The minimum atomic E-state index is -0.721. The Kier molecular flexibility index (Phi) is 15.2. The number of carboxylic acid groups (broad SMARTS) is 1. The third-order valence-electron chi connectivity index (χ3n) is 5.59. The molecule has 2 unspecified atom stereocenters. The third kappa shape index (κ3) is 14.0. The lowest BCUT2D eigenvalue weighted by atomic mass is 9.94. The van der Waals surface area contributed by atoms with Crippen LogP contribution in [0.2, 0.25) is 0 Å². The van der Waals surface area contributed by atoms with Gasteiger partial charge < -0.3 is 20.6 Å². The number of hydrogen-bond acceptors (Lipinski definition) is 4. The fraction of sp³-hybridized carbons (Fsp3) is 0.593. The number of phenolic OH excluding ortho intramolecular Hbond substituents is 1. The Labute approximate surface area is 194 Å². The van der Waals surface area contributed by atoms with Gasteiger partial charge in [0.05, 0.1) is 6.10 Å². The monoisotopic (exact) mass is 445 g/mol. The van der Waals surface area contributed by atoms with E-state index in [9.17, 15) is 15.0 Å². The van der Waals surface area contributed by atoms with Crippen LogP contribution in [-0.4, -0.2) is 41.0 Å².